The summed E-state index contributed by atoms with van der Waals surface area (Å²) in [5.74, 6) is -0.242. The predicted molar refractivity (Wildman–Crippen MR) is 64.0 cm³/mol. The summed E-state index contributed by atoms with van der Waals surface area (Å²) >= 11 is 0. The van der Waals surface area contributed by atoms with Gasteiger partial charge in [0.25, 0.3) is 0 Å². The number of nitriles is 1. The summed E-state index contributed by atoms with van der Waals surface area (Å²) in [4.78, 5) is 11.1. The lowest BCUT2D eigenvalue weighted by Gasteiger charge is -2.07. The number of nitrogens with zero attached hydrogens (tertiary/aromatic N) is 1. The molecular weight excluding hydrogens is 202 g/mol. The number of hydrogen-bond donors (Lipinski definition) is 2. The van der Waals surface area contributed by atoms with Crippen LogP contribution in [0, 0.1) is 11.3 Å². The Hall–Kier alpha value is -2.28. The van der Waals surface area contributed by atoms with E-state index in [0.717, 1.165) is 5.69 Å². The second kappa shape index (κ2) is 6.25. The molecule has 82 valence electrons. The molecule has 1 rings (SSSR count). The van der Waals surface area contributed by atoms with Gasteiger partial charge >= 0.3 is 0 Å². The smallest absolute Gasteiger partial charge is 0.247 e. The molecule has 4 nitrogen and oxygen atoms in total. The Morgan fingerprint density at radius 2 is 2.25 bits per heavy atom. The van der Waals surface area contributed by atoms with E-state index in [0.29, 0.717) is 18.7 Å². The molecule has 0 aliphatic carbocycles. The van der Waals surface area contributed by atoms with E-state index in [1.807, 2.05) is 18.2 Å². The quantitative estimate of drug-likeness (QED) is 0.584. The second-order valence-electron chi connectivity index (χ2n) is 3.11. The highest BCUT2D eigenvalue weighted by atomic mass is 16.1. The molecule has 0 aromatic heterocycles. The van der Waals surface area contributed by atoms with Crippen LogP contribution in [0.3, 0.4) is 0 Å². The topological polar surface area (TPSA) is 64.9 Å². The maximum absolute atomic E-state index is 11.1. The van der Waals surface area contributed by atoms with E-state index < -0.39 is 0 Å². The van der Waals surface area contributed by atoms with Gasteiger partial charge in [0.1, 0.15) is 0 Å². The maximum Gasteiger partial charge on any atom is 0.247 e. The summed E-state index contributed by atoms with van der Waals surface area (Å²) in [6.45, 7) is 3.97. The highest BCUT2D eigenvalue weighted by Crippen LogP contribution is 2.14. The first kappa shape index (κ1) is 11.8. The van der Waals surface area contributed by atoms with Gasteiger partial charge in [0.05, 0.1) is 12.5 Å². The molecule has 0 unspecified atom stereocenters. The highest BCUT2D eigenvalue weighted by molar-refractivity contribution is 5.99. The molecule has 0 spiro atoms. The Morgan fingerprint density at radius 3 is 2.94 bits per heavy atom. The summed E-state index contributed by atoms with van der Waals surface area (Å²) in [6.07, 6.45) is 1.67. The SMILES string of the molecule is C=CC(=O)Nc1cccc(NCCC#N)c1. The van der Waals surface area contributed by atoms with E-state index in [1.165, 1.54) is 6.08 Å². The average Bonchev–Trinajstić information content (AvgIpc) is 2.30. The normalized spacial score (nSPS) is 8.94. The molecule has 0 bridgehead atoms. The van der Waals surface area contributed by atoms with Crippen molar-refractivity contribution in [1.29, 1.82) is 5.26 Å². The molecule has 0 fully saturated rings. The third kappa shape index (κ3) is 3.84. The van der Waals surface area contributed by atoms with Crippen LogP contribution in [0.2, 0.25) is 0 Å². The van der Waals surface area contributed by atoms with Gasteiger partial charge < -0.3 is 10.6 Å². The minimum atomic E-state index is -0.242. The molecule has 0 atom stereocenters. The van der Waals surface area contributed by atoms with Crippen molar-refractivity contribution in [3.05, 3.63) is 36.9 Å². The lowest BCUT2D eigenvalue weighted by atomic mass is 10.2. The lowest BCUT2D eigenvalue weighted by molar-refractivity contribution is -0.111. The van der Waals surface area contributed by atoms with Gasteiger partial charge in [-0.3, -0.25) is 4.79 Å². The number of anilines is 2. The number of carbonyl (C=O) groups excluding carboxylic acids is 1. The standard InChI is InChI=1S/C12H13N3O/c1-2-12(16)15-11-6-3-5-10(9-11)14-8-4-7-13/h2-3,5-6,9,14H,1,4,8H2,(H,15,16). The molecule has 1 aromatic rings. The van der Waals surface area contributed by atoms with Crippen LogP contribution in [0.4, 0.5) is 11.4 Å². The predicted octanol–water partition coefficient (Wildman–Crippen LogP) is 2.14. The van der Waals surface area contributed by atoms with E-state index in [1.54, 1.807) is 12.1 Å². The van der Waals surface area contributed by atoms with E-state index in [4.69, 9.17) is 5.26 Å². The molecule has 0 radical (unpaired) electrons. The Labute approximate surface area is 94.6 Å². The molecule has 1 amide bonds. The monoisotopic (exact) mass is 215 g/mol. The van der Waals surface area contributed by atoms with E-state index in [2.05, 4.69) is 17.2 Å². The van der Waals surface area contributed by atoms with Crippen LogP contribution < -0.4 is 10.6 Å². The van der Waals surface area contributed by atoms with Gasteiger partial charge in [-0.15, -0.1) is 0 Å². The van der Waals surface area contributed by atoms with Gasteiger partial charge in [0, 0.05) is 17.9 Å². The fourth-order valence-corrected chi connectivity index (χ4v) is 1.16. The van der Waals surface area contributed by atoms with Gasteiger partial charge in [-0.25, -0.2) is 0 Å². The van der Waals surface area contributed by atoms with Gasteiger partial charge in [-0.1, -0.05) is 12.6 Å². The van der Waals surface area contributed by atoms with Gasteiger partial charge in [0.2, 0.25) is 5.91 Å². The van der Waals surface area contributed by atoms with Crippen molar-refractivity contribution in [2.75, 3.05) is 17.2 Å². The summed E-state index contributed by atoms with van der Waals surface area (Å²) in [7, 11) is 0. The number of nitrogens with one attached hydrogen (secondary N) is 2. The minimum Gasteiger partial charge on any atom is -0.384 e. The van der Waals surface area contributed by atoms with Crippen LogP contribution in [0.5, 0.6) is 0 Å². The molecule has 0 aliphatic rings. The summed E-state index contributed by atoms with van der Waals surface area (Å²) in [5.41, 5.74) is 1.57. The Bertz CT molecular complexity index is 421. The van der Waals surface area contributed by atoms with Crippen LogP contribution in [0.15, 0.2) is 36.9 Å². The molecule has 0 saturated carbocycles. The molecule has 0 aliphatic heterocycles. The Kier molecular flexibility index (Phi) is 4.61. The second-order valence-corrected chi connectivity index (χ2v) is 3.11. The Morgan fingerprint density at radius 1 is 1.50 bits per heavy atom. The van der Waals surface area contributed by atoms with Gasteiger partial charge in [-0.2, -0.15) is 5.26 Å². The first-order valence-electron chi connectivity index (χ1n) is 4.90. The molecular formula is C12H13N3O. The van der Waals surface area contributed by atoms with E-state index in [-0.39, 0.29) is 5.91 Å². The first-order valence-corrected chi connectivity index (χ1v) is 4.90. The van der Waals surface area contributed by atoms with Gasteiger partial charge in [-0.05, 0) is 24.3 Å². The third-order valence-corrected chi connectivity index (χ3v) is 1.88. The van der Waals surface area contributed by atoms with Crippen molar-refractivity contribution in [1.82, 2.24) is 0 Å². The summed E-state index contributed by atoms with van der Waals surface area (Å²) in [6, 6.07) is 9.34. The molecule has 16 heavy (non-hydrogen) atoms. The van der Waals surface area contributed by atoms with Crippen molar-refractivity contribution in [2.45, 2.75) is 6.42 Å². The number of rotatable bonds is 5. The lowest BCUT2D eigenvalue weighted by Crippen LogP contribution is -2.07. The molecule has 0 heterocycles. The van der Waals surface area contributed by atoms with Gasteiger partial charge in [0.15, 0.2) is 0 Å². The first-order chi connectivity index (χ1) is 7.76. The highest BCUT2D eigenvalue weighted by Gasteiger charge is 1.98. The van der Waals surface area contributed by atoms with Crippen LogP contribution in [0.25, 0.3) is 0 Å². The number of benzene rings is 1. The van der Waals surface area contributed by atoms with Crippen molar-refractivity contribution < 1.29 is 4.79 Å². The summed E-state index contributed by atoms with van der Waals surface area (Å²) in [5, 5.41) is 14.1. The molecule has 1 aromatic carbocycles. The zero-order valence-electron chi connectivity index (χ0n) is 8.86. The largest absolute Gasteiger partial charge is 0.384 e. The van der Waals surface area contributed by atoms with E-state index in [9.17, 15) is 4.79 Å². The minimum absolute atomic E-state index is 0.242. The van der Waals surface area contributed by atoms with Crippen LogP contribution >= 0.6 is 0 Å². The zero-order chi connectivity index (χ0) is 11.8. The fourth-order valence-electron chi connectivity index (χ4n) is 1.16. The Balaban J connectivity index is 2.60. The third-order valence-electron chi connectivity index (χ3n) is 1.88. The van der Waals surface area contributed by atoms with Crippen molar-refractivity contribution >= 4 is 17.3 Å². The van der Waals surface area contributed by atoms with Crippen LogP contribution in [-0.4, -0.2) is 12.5 Å². The zero-order valence-corrected chi connectivity index (χ0v) is 8.86. The maximum atomic E-state index is 11.1. The molecule has 4 heteroatoms. The number of carbonyl (C=O) groups is 1. The average molecular weight is 215 g/mol. The van der Waals surface area contributed by atoms with Crippen molar-refractivity contribution in [2.24, 2.45) is 0 Å². The number of hydrogen-bond acceptors (Lipinski definition) is 3. The van der Waals surface area contributed by atoms with Crippen LogP contribution in [0.1, 0.15) is 6.42 Å². The van der Waals surface area contributed by atoms with Crippen molar-refractivity contribution in [3.63, 3.8) is 0 Å². The summed E-state index contributed by atoms with van der Waals surface area (Å²) < 4.78 is 0. The number of amides is 1. The molecule has 2 N–H and O–H groups in total. The fraction of sp³-hybridized carbons (Fsp3) is 0.167. The molecule has 0 saturated heterocycles. The van der Waals surface area contributed by atoms with Crippen molar-refractivity contribution in [3.8, 4) is 6.07 Å². The van der Waals surface area contributed by atoms with Crippen LogP contribution in [-0.2, 0) is 4.79 Å². The van der Waals surface area contributed by atoms with E-state index >= 15 is 0 Å².